The third-order valence-electron chi connectivity index (χ3n) is 4.39. The first-order valence-electron chi connectivity index (χ1n) is 9.23. The first kappa shape index (κ1) is 22.8. The van der Waals surface area contributed by atoms with Crippen molar-refractivity contribution >= 4 is 33.4 Å². The zero-order valence-electron chi connectivity index (χ0n) is 17.5. The molecule has 2 N–H and O–H groups in total. The number of anilines is 1. The summed E-state index contributed by atoms with van der Waals surface area (Å²) in [5, 5.41) is 10.1. The minimum absolute atomic E-state index is 0.0730. The van der Waals surface area contributed by atoms with Gasteiger partial charge in [-0.15, -0.1) is 5.10 Å². The van der Waals surface area contributed by atoms with Crippen molar-refractivity contribution in [2.75, 3.05) is 32.3 Å². The molecule has 1 aromatic heterocycles. The fourth-order valence-corrected chi connectivity index (χ4v) is 4.41. The van der Waals surface area contributed by atoms with Gasteiger partial charge in [0, 0.05) is 25.3 Å². The van der Waals surface area contributed by atoms with Crippen molar-refractivity contribution in [2.24, 2.45) is 0 Å². The van der Waals surface area contributed by atoms with Crippen LogP contribution < -0.4 is 10.1 Å². The van der Waals surface area contributed by atoms with Gasteiger partial charge in [-0.25, -0.2) is 17.7 Å². The van der Waals surface area contributed by atoms with Gasteiger partial charge in [0.2, 0.25) is 21.1 Å². The molecule has 0 aliphatic carbocycles. The van der Waals surface area contributed by atoms with Crippen molar-refractivity contribution in [3.8, 4) is 17.1 Å². The van der Waals surface area contributed by atoms with Crippen LogP contribution >= 0.6 is 11.8 Å². The SMILES string of the molecule is COc1ccc(-c2nc(SCC(=O)Nc3ccc(C)c(S(=O)(=O)N(C)C)c3)n[nH]2)cc1. The molecule has 0 saturated heterocycles. The maximum atomic E-state index is 12.4. The summed E-state index contributed by atoms with van der Waals surface area (Å²) < 4.78 is 31.2. The van der Waals surface area contributed by atoms with E-state index in [9.17, 15) is 13.2 Å². The van der Waals surface area contributed by atoms with Gasteiger partial charge in [-0.1, -0.05) is 17.8 Å². The fourth-order valence-electron chi connectivity index (χ4n) is 2.67. The van der Waals surface area contributed by atoms with E-state index in [1.54, 1.807) is 26.2 Å². The maximum Gasteiger partial charge on any atom is 0.242 e. The number of hydrogen-bond acceptors (Lipinski definition) is 7. The van der Waals surface area contributed by atoms with Crippen LogP contribution in [0.4, 0.5) is 5.69 Å². The Morgan fingerprint density at radius 1 is 1.19 bits per heavy atom. The van der Waals surface area contributed by atoms with Crippen molar-refractivity contribution in [1.29, 1.82) is 0 Å². The Bertz CT molecular complexity index is 1170. The van der Waals surface area contributed by atoms with Gasteiger partial charge in [-0.2, -0.15) is 0 Å². The monoisotopic (exact) mass is 461 g/mol. The number of sulfonamides is 1. The van der Waals surface area contributed by atoms with E-state index in [4.69, 9.17) is 4.74 Å². The Morgan fingerprint density at radius 3 is 2.55 bits per heavy atom. The minimum atomic E-state index is -3.60. The molecular weight excluding hydrogens is 438 g/mol. The van der Waals surface area contributed by atoms with E-state index in [0.29, 0.717) is 22.2 Å². The molecule has 3 rings (SSSR count). The smallest absolute Gasteiger partial charge is 0.242 e. The lowest BCUT2D eigenvalue weighted by Crippen LogP contribution is -2.23. The molecule has 0 unspecified atom stereocenters. The lowest BCUT2D eigenvalue weighted by molar-refractivity contribution is -0.113. The topological polar surface area (TPSA) is 117 Å². The first-order chi connectivity index (χ1) is 14.7. The van der Waals surface area contributed by atoms with Crippen LogP contribution in [-0.4, -0.2) is 60.8 Å². The lowest BCUT2D eigenvalue weighted by atomic mass is 10.2. The summed E-state index contributed by atoms with van der Waals surface area (Å²) in [5.41, 5.74) is 1.86. The average molecular weight is 462 g/mol. The van der Waals surface area contributed by atoms with Crippen LogP contribution in [0.1, 0.15) is 5.56 Å². The Hall–Kier alpha value is -2.89. The molecular formula is C20H23N5O4S2. The van der Waals surface area contributed by atoms with E-state index >= 15 is 0 Å². The van der Waals surface area contributed by atoms with E-state index < -0.39 is 10.0 Å². The molecule has 0 saturated carbocycles. The summed E-state index contributed by atoms with van der Waals surface area (Å²) in [4.78, 5) is 16.9. The largest absolute Gasteiger partial charge is 0.497 e. The number of methoxy groups -OCH3 is 1. The number of amides is 1. The maximum absolute atomic E-state index is 12.4. The van der Waals surface area contributed by atoms with Crippen molar-refractivity contribution in [1.82, 2.24) is 19.5 Å². The average Bonchev–Trinajstić information content (AvgIpc) is 3.22. The van der Waals surface area contributed by atoms with Crippen molar-refractivity contribution in [3.63, 3.8) is 0 Å². The van der Waals surface area contributed by atoms with Crippen LogP contribution in [0.25, 0.3) is 11.4 Å². The molecule has 11 heteroatoms. The number of hydrogen-bond donors (Lipinski definition) is 2. The third-order valence-corrected chi connectivity index (χ3v) is 7.20. The normalized spacial score (nSPS) is 11.5. The second-order valence-electron chi connectivity index (χ2n) is 6.80. The number of aromatic nitrogens is 3. The Balaban J connectivity index is 1.63. The van der Waals surface area contributed by atoms with E-state index in [2.05, 4.69) is 20.5 Å². The lowest BCUT2D eigenvalue weighted by Gasteiger charge is -2.15. The van der Waals surface area contributed by atoms with E-state index in [1.807, 2.05) is 24.3 Å². The number of H-pyrrole nitrogens is 1. The molecule has 164 valence electrons. The number of ether oxygens (including phenoxy) is 1. The molecule has 0 spiro atoms. The van der Waals surface area contributed by atoms with Crippen molar-refractivity contribution in [2.45, 2.75) is 17.0 Å². The van der Waals surface area contributed by atoms with Gasteiger partial charge in [-0.05, 0) is 48.9 Å². The first-order valence-corrected chi connectivity index (χ1v) is 11.7. The molecule has 31 heavy (non-hydrogen) atoms. The van der Waals surface area contributed by atoms with Gasteiger partial charge in [-0.3, -0.25) is 9.89 Å². The summed E-state index contributed by atoms with van der Waals surface area (Å²) in [7, 11) is 0.927. The van der Waals surface area contributed by atoms with Gasteiger partial charge in [0.15, 0.2) is 5.82 Å². The Morgan fingerprint density at radius 2 is 1.90 bits per heavy atom. The number of aromatic amines is 1. The van der Waals surface area contributed by atoms with E-state index in [0.717, 1.165) is 15.6 Å². The predicted octanol–water partition coefficient (Wildman–Crippen LogP) is 2.77. The van der Waals surface area contributed by atoms with Crippen LogP contribution in [0.15, 0.2) is 52.5 Å². The number of nitrogens with zero attached hydrogens (tertiary/aromatic N) is 3. The minimum Gasteiger partial charge on any atom is -0.497 e. The highest BCUT2D eigenvalue weighted by molar-refractivity contribution is 7.99. The standard InChI is InChI=1S/C20H23N5O4S2/c1-13-5-8-15(11-17(13)31(27,28)25(2)3)21-18(26)12-30-20-22-19(23-24-20)14-6-9-16(29-4)10-7-14/h5-11H,12H2,1-4H3,(H,21,26)(H,22,23,24). The summed E-state index contributed by atoms with van der Waals surface area (Å²) in [6, 6.07) is 12.2. The molecule has 0 radical (unpaired) electrons. The number of carbonyl (C=O) groups excluding carboxylic acids is 1. The Labute approximate surface area is 185 Å². The number of aryl methyl sites for hydroxylation is 1. The quantitative estimate of drug-likeness (QED) is 0.495. The van der Waals surface area contributed by atoms with Crippen molar-refractivity contribution < 1.29 is 17.9 Å². The summed E-state index contributed by atoms with van der Waals surface area (Å²) in [6.45, 7) is 1.71. The number of thioether (sulfide) groups is 1. The summed E-state index contributed by atoms with van der Waals surface area (Å²) in [6.07, 6.45) is 0. The molecule has 3 aromatic rings. The molecule has 9 nitrogen and oxygen atoms in total. The molecule has 0 fully saturated rings. The molecule has 0 aliphatic heterocycles. The van der Waals surface area contributed by atoms with Crippen LogP contribution in [0.5, 0.6) is 5.75 Å². The number of carbonyl (C=O) groups is 1. The van der Waals surface area contributed by atoms with Gasteiger partial charge >= 0.3 is 0 Å². The highest BCUT2D eigenvalue weighted by Crippen LogP contribution is 2.24. The number of rotatable bonds is 8. The van der Waals surface area contributed by atoms with Crippen LogP contribution in [0.2, 0.25) is 0 Å². The van der Waals surface area contributed by atoms with Crippen LogP contribution in [-0.2, 0) is 14.8 Å². The molecule has 0 aliphatic rings. The third kappa shape index (κ3) is 5.43. The zero-order valence-corrected chi connectivity index (χ0v) is 19.2. The molecule has 1 heterocycles. The van der Waals surface area contributed by atoms with Crippen molar-refractivity contribution in [3.05, 3.63) is 48.0 Å². The highest BCUT2D eigenvalue weighted by atomic mass is 32.2. The van der Waals surface area contributed by atoms with Gasteiger partial charge < -0.3 is 10.1 Å². The van der Waals surface area contributed by atoms with Crippen LogP contribution in [0.3, 0.4) is 0 Å². The predicted molar refractivity (Wildman–Crippen MR) is 120 cm³/mol. The Kier molecular flexibility index (Phi) is 6.98. The zero-order chi connectivity index (χ0) is 22.6. The second kappa shape index (κ2) is 9.50. The molecule has 2 aromatic carbocycles. The fraction of sp³-hybridized carbons (Fsp3) is 0.250. The molecule has 0 bridgehead atoms. The van der Waals surface area contributed by atoms with E-state index in [1.165, 1.54) is 31.9 Å². The molecule has 0 atom stereocenters. The van der Waals surface area contributed by atoms with Crippen LogP contribution in [0, 0.1) is 6.92 Å². The second-order valence-corrected chi connectivity index (χ2v) is 9.86. The molecule has 1 amide bonds. The van der Waals surface area contributed by atoms with Gasteiger partial charge in [0.1, 0.15) is 5.75 Å². The number of nitrogens with one attached hydrogen (secondary N) is 2. The van der Waals surface area contributed by atoms with Gasteiger partial charge in [0.25, 0.3) is 0 Å². The van der Waals surface area contributed by atoms with E-state index in [-0.39, 0.29) is 16.6 Å². The highest BCUT2D eigenvalue weighted by Gasteiger charge is 2.20. The van der Waals surface area contributed by atoms with Gasteiger partial charge in [0.05, 0.1) is 17.8 Å². The number of benzene rings is 2. The summed E-state index contributed by atoms with van der Waals surface area (Å²) >= 11 is 1.17. The summed E-state index contributed by atoms with van der Waals surface area (Å²) in [5.74, 6) is 1.11.